The van der Waals surface area contributed by atoms with Crippen LogP contribution in [0.5, 0.6) is 0 Å². The van der Waals surface area contributed by atoms with E-state index in [2.05, 4.69) is 5.32 Å². The topological polar surface area (TPSA) is 68.5 Å². The number of halogens is 2. The fraction of sp³-hybridized carbons (Fsp3) is 0.167. The molecule has 0 aromatic carbocycles. The molecule has 0 radical (unpaired) electrons. The second-order valence-corrected chi connectivity index (χ2v) is 5.96. The van der Waals surface area contributed by atoms with E-state index in [-0.39, 0.29) is 16.4 Å². The number of ether oxygens (including phenoxy) is 1. The van der Waals surface area contributed by atoms with Crippen LogP contribution in [0.25, 0.3) is 0 Å². The fourth-order valence-electron chi connectivity index (χ4n) is 1.34. The van der Waals surface area contributed by atoms with Gasteiger partial charge < -0.3 is 14.5 Å². The molecule has 2 heterocycles. The van der Waals surface area contributed by atoms with Crippen LogP contribution in [0.4, 0.5) is 0 Å². The number of esters is 1. The van der Waals surface area contributed by atoms with Crippen LogP contribution in [0.3, 0.4) is 0 Å². The van der Waals surface area contributed by atoms with Crippen LogP contribution < -0.4 is 5.32 Å². The minimum atomic E-state index is -0.689. The third kappa shape index (κ3) is 4.00. The first-order chi connectivity index (χ1) is 9.56. The van der Waals surface area contributed by atoms with Crippen molar-refractivity contribution in [3.05, 3.63) is 44.5 Å². The quantitative estimate of drug-likeness (QED) is 0.853. The Hall–Kier alpha value is -1.50. The number of rotatable bonds is 5. The normalized spacial score (nSPS) is 10.3. The number of carbonyl (C=O) groups excluding carboxylic acids is 2. The molecule has 1 amide bonds. The van der Waals surface area contributed by atoms with E-state index in [0.717, 1.165) is 11.3 Å². The molecular weight excluding hydrogens is 325 g/mol. The van der Waals surface area contributed by atoms with E-state index in [4.69, 9.17) is 32.4 Å². The Labute approximate surface area is 128 Å². The molecule has 0 spiro atoms. The number of furan rings is 1. The minimum Gasteiger partial charge on any atom is -0.467 e. The molecule has 1 N–H and O–H groups in total. The standard InChI is InChI=1S/C12H9Cl2NO4S/c13-9-4-8(11(14)20-9)12(17)19-6-10(16)15-5-7-2-1-3-18-7/h1-4H,5-6H2,(H,15,16). The summed E-state index contributed by atoms with van der Waals surface area (Å²) >= 11 is 12.6. The second-order valence-electron chi connectivity index (χ2n) is 3.67. The molecule has 0 saturated heterocycles. The van der Waals surface area contributed by atoms with Crippen molar-refractivity contribution in [3.8, 4) is 0 Å². The number of nitrogens with one attached hydrogen (secondary N) is 1. The summed E-state index contributed by atoms with van der Waals surface area (Å²) in [7, 11) is 0. The predicted octanol–water partition coefficient (Wildman–Crippen LogP) is 3.12. The van der Waals surface area contributed by atoms with Gasteiger partial charge in [-0.3, -0.25) is 4.79 Å². The predicted molar refractivity (Wildman–Crippen MR) is 75.2 cm³/mol. The Morgan fingerprint density at radius 2 is 2.20 bits per heavy atom. The molecule has 106 valence electrons. The van der Waals surface area contributed by atoms with Crippen molar-refractivity contribution in [2.75, 3.05) is 6.61 Å². The summed E-state index contributed by atoms with van der Waals surface area (Å²) in [6.07, 6.45) is 1.50. The van der Waals surface area contributed by atoms with Crippen molar-refractivity contribution < 1.29 is 18.7 Å². The Kier molecular flexibility index (Phi) is 5.05. The second kappa shape index (κ2) is 6.78. The lowest BCUT2D eigenvalue weighted by Crippen LogP contribution is -2.28. The van der Waals surface area contributed by atoms with Gasteiger partial charge in [0.05, 0.1) is 22.7 Å². The largest absolute Gasteiger partial charge is 0.467 e. The van der Waals surface area contributed by atoms with Crippen molar-refractivity contribution in [2.45, 2.75) is 6.54 Å². The monoisotopic (exact) mass is 333 g/mol. The first kappa shape index (κ1) is 14.9. The lowest BCUT2D eigenvalue weighted by Gasteiger charge is -2.04. The summed E-state index contributed by atoms with van der Waals surface area (Å²) in [4.78, 5) is 23.1. The molecule has 20 heavy (non-hydrogen) atoms. The number of carbonyl (C=O) groups is 2. The molecule has 2 rings (SSSR count). The van der Waals surface area contributed by atoms with Gasteiger partial charge in [0.1, 0.15) is 10.1 Å². The van der Waals surface area contributed by atoms with Gasteiger partial charge in [0.2, 0.25) is 0 Å². The van der Waals surface area contributed by atoms with Crippen LogP contribution >= 0.6 is 34.5 Å². The summed E-state index contributed by atoms with van der Waals surface area (Å²) in [5.41, 5.74) is 0.153. The van der Waals surface area contributed by atoms with Gasteiger partial charge in [-0.15, -0.1) is 11.3 Å². The lowest BCUT2D eigenvalue weighted by atomic mass is 10.3. The Morgan fingerprint density at radius 3 is 2.80 bits per heavy atom. The number of hydrogen-bond acceptors (Lipinski definition) is 5. The molecule has 2 aromatic heterocycles. The minimum absolute atomic E-state index is 0.153. The highest BCUT2D eigenvalue weighted by Crippen LogP contribution is 2.31. The summed E-state index contributed by atoms with van der Waals surface area (Å²) in [5.74, 6) is -0.518. The van der Waals surface area contributed by atoms with E-state index in [1.807, 2.05) is 0 Å². The number of hydrogen-bond donors (Lipinski definition) is 1. The van der Waals surface area contributed by atoms with E-state index < -0.39 is 18.5 Å². The first-order valence-corrected chi connectivity index (χ1v) is 7.04. The molecule has 0 bridgehead atoms. The van der Waals surface area contributed by atoms with Crippen LogP contribution in [0.1, 0.15) is 16.1 Å². The Bertz CT molecular complexity index is 609. The molecule has 5 nitrogen and oxygen atoms in total. The van der Waals surface area contributed by atoms with Crippen LogP contribution in [-0.2, 0) is 16.1 Å². The van der Waals surface area contributed by atoms with E-state index in [9.17, 15) is 9.59 Å². The van der Waals surface area contributed by atoms with Gasteiger partial charge >= 0.3 is 5.97 Å². The molecule has 0 fully saturated rings. The molecule has 0 atom stereocenters. The van der Waals surface area contributed by atoms with Crippen LogP contribution in [-0.4, -0.2) is 18.5 Å². The average Bonchev–Trinajstić information content (AvgIpc) is 3.03. The van der Waals surface area contributed by atoms with Crippen molar-refractivity contribution >= 4 is 46.4 Å². The van der Waals surface area contributed by atoms with Crippen molar-refractivity contribution in [1.29, 1.82) is 0 Å². The molecule has 0 saturated carbocycles. The van der Waals surface area contributed by atoms with Gasteiger partial charge in [-0.25, -0.2) is 4.79 Å². The Balaban J connectivity index is 1.78. The summed E-state index contributed by atoms with van der Waals surface area (Å²) < 4.78 is 10.5. The van der Waals surface area contributed by atoms with E-state index >= 15 is 0 Å². The first-order valence-electron chi connectivity index (χ1n) is 5.47. The molecule has 0 unspecified atom stereocenters. The van der Waals surface area contributed by atoms with Crippen molar-refractivity contribution in [3.63, 3.8) is 0 Å². The van der Waals surface area contributed by atoms with E-state index in [0.29, 0.717) is 10.1 Å². The van der Waals surface area contributed by atoms with Gasteiger partial charge in [-0.2, -0.15) is 0 Å². The van der Waals surface area contributed by atoms with Gasteiger partial charge in [0.15, 0.2) is 6.61 Å². The van der Waals surface area contributed by atoms with Gasteiger partial charge in [0, 0.05) is 0 Å². The van der Waals surface area contributed by atoms with Gasteiger partial charge in [0.25, 0.3) is 5.91 Å². The third-order valence-electron chi connectivity index (χ3n) is 2.25. The molecule has 0 aliphatic heterocycles. The third-order valence-corrected chi connectivity index (χ3v) is 3.74. The average molecular weight is 334 g/mol. The van der Waals surface area contributed by atoms with E-state index in [1.54, 1.807) is 12.1 Å². The van der Waals surface area contributed by atoms with Gasteiger partial charge in [-0.1, -0.05) is 23.2 Å². The number of amides is 1. The number of thiophene rings is 1. The molecule has 0 aliphatic carbocycles. The smallest absolute Gasteiger partial charge is 0.341 e. The highest BCUT2D eigenvalue weighted by atomic mass is 35.5. The molecule has 0 aliphatic rings. The molecule has 8 heteroatoms. The van der Waals surface area contributed by atoms with Crippen LogP contribution in [0.2, 0.25) is 8.67 Å². The summed E-state index contributed by atoms with van der Waals surface area (Å²) in [5, 5.41) is 2.55. The highest BCUT2D eigenvalue weighted by Gasteiger charge is 2.16. The van der Waals surface area contributed by atoms with Crippen LogP contribution in [0.15, 0.2) is 28.9 Å². The lowest BCUT2D eigenvalue weighted by molar-refractivity contribution is -0.124. The zero-order chi connectivity index (χ0) is 14.5. The van der Waals surface area contributed by atoms with Crippen LogP contribution in [0, 0.1) is 0 Å². The van der Waals surface area contributed by atoms with Crippen molar-refractivity contribution in [2.24, 2.45) is 0 Å². The maximum Gasteiger partial charge on any atom is 0.341 e. The SMILES string of the molecule is O=C(COC(=O)c1cc(Cl)sc1Cl)NCc1ccco1. The summed E-state index contributed by atoms with van der Waals surface area (Å²) in [6.45, 7) is -0.169. The summed E-state index contributed by atoms with van der Waals surface area (Å²) in [6, 6.07) is 4.83. The van der Waals surface area contributed by atoms with E-state index in [1.165, 1.54) is 12.3 Å². The maximum atomic E-state index is 11.7. The zero-order valence-electron chi connectivity index (χ0n) is 10.0. The maximum absolute atomic E-state index is 11.7. The fourth-order valence-corrected chi connectivity index (χ4v) is 2.78. The molecule has 2 aromatic rings. The highest BCUT2D eigenvalue weighted by molar-refractivity contribution is 7.20. The Morgan fingerprint density at radius 1 is 1.40 bits per heavy atom. The molecular formula is C12H9Cl2NO4S. The zero-order valence-corrected chi connectivity index (χ0v) is 12.3. The van der Waals surface area contributed by atoms with Gasteiger partial charge in [-0.05, 0) is 18.2 Å². The van der Waals surface area contributed by atoms with Crippen molar-refractivity contribution in [1.82, 2.24) is 5.32 Å².